The van der Waals surface area contributed by atoms with Crippen molar-refractivity contribution in [1.29, 1.82) is 0 Å². The molecule has 17 heavy (non-hydrogen) atoms. The molecule has 0 saturated heterocycles. The average molecular weight is 262 g/mol. The van der Waals surface area contributed by atoms with Crippen molar-refractivity contribution in [3.05, 3.63) is 35.4 Å². The molecule has 1 rings (SSSR count). The molecular weight excluding hydrogens is 244 g/mol. The van der Waals surface area contributed by atoms with E-state index >= 15 is 0 Å². The summed E-state index contributed by atoms with van der Waals surface area (Å²) in [6, 6.07) is 3.72. The van der Waals surface area contributed by atoms with Gasteiger partial charge >= 0.3 is 0 Å². The van der Waals surface area contributed by atoms with E-state index in [0.29, 0.717) is 18.0 Å². The van der Waals surface area contributed by atoms with Gasteiger partial charge in [-0.3, -0.25) is 0 Å². The number of hydrogen-bond acceptors (Lipinski definition) is 1. The molecule has 0 bridgehead atoms. The Bertz CT molecular complexity index is 366. The summed E-state index contributed by atoms with van der Waals surface area (Å²) in [4.78, 5) is 0. The van der Waals surface area contributed by atoms with Crippen LogP contribution in [0.5, 0.6) is 0 Å². The maximum Gasteiger partial charge on any atom is 0.129 e. The van der Waals surface area contributed by atoms with Crippen molar-refractivity contribution in [2.24, 2.45) is 0 Å². The lowest BCUT2D eigenvalue weighted by Gasteiger charge is -2.26. The highest BCUT2D eigenvalue weighted by molar-refractivity contribution is 6.17. The maximum absolute atomic E-state index is 13.6. The third-order valence-electron chi connectivity index (χ3n) is 2.71. The van der Waals surface area contributed by atoms with Crippen LogP contribution in [0.25, 0.3) is 0 Å². The number of alkyl halides is 1. The van der Waals surface area contributed by atoms with Crippen LogP contribution in [0.4, 0.5) is 8.78 Å². The van der Waals surface area contributed by atoms with Gasteiger partial charge in [-0.25, -0.2) is 8.78 Å². The highest BCUT2D eigenvalue weighted by atomic mass is 35.5. The molecule has 0 spiro atoms. The van der Waals surface area contributed by atoms with Gasteiger partial charge in [-0.05, 0) is 24.6 Å². The lowest BCUT2D eigenvalue weighted by molar-refractivity contribution is 0.442. The van der Waals surface area contributed by atoms with Crippen LogP contribution in [0.2, 0.25) is 0 Å². The van der Waals surface area contributed by atoms with E-state index in [1.54, 1.807) is 0 Å². The molecule has 1 N–H and O–H groups in total. The summed E-state index contributed by atoms with van der Waals surface area (Å²) in [6.07, 6.45) is 0.879. The van der Waals surface area contributed by atoms with Crippen molar-refractivity contribution in [3.63, 3.8) is 0 Å². The summed E-state index contributed by atoms with van der Waals surface area (Å²) < 4.78 is 26.5. The second kappa shape index (κ2) is 6.31. The minimum absolute atomic E-state index is 0.371. The Hall–Kier alpha value is -0.670. The molecule has 4 heteroatoms. The summed E-state index contributed by atoms with van der Waals surface area (Å²) in [5.74, 6) is -0.426. The first-order valence-corrected chi connectivity index (χ1v) is 6.23. The Kier molecular flexibility index (Phi) is 5.34. The topological polar surface area (TPSA) is 12.0 Å². The fourth-order valence-electron chi connectivity index (χ4n) is 1.73. The molecule has 0 aliphatic carbocycles. The molecule has 0 atom stereocenters. The summed E-state index contributed by atoms with van der Waals surface area (Å²) in [5, 5.41) is 3.22. The van der Waals surface area contributed by atoms with Crippen LogP contribution in [0.15, 0.2) is 18.2 Å². The van der Waals surface area contributed by atoms with E-state index in [4.69, 9.17) is 11.6 Å². The standard InChI is InChI=1S/C13H18ClF2N/c1-13(2,9-17-7-3-6-14)11-5-4-10(15)8-12(11)16/h4-5,8,17H,3,6-7,9H2,1-2H3. The Labute approximate surface area is 106 Å². The van der Waals surface area contributed by atoms with Crippen molar-refractivity contribution < 1.29 is 8.78 Å². The van der Waals surface area contributed by atoms with Crippen molar-refractivity contribution in [3.8, 4) is 0 Å². The fraction of sp³-hybridized carbons (Fsp3) is 0.538. The summed E-state index contributed by atoms with van der Waals surface area (Å²) in [6.45, 7) is 5.29. The molecule has 0 aromatic heterocycles. The zero-order valence-corrected chi connectivity index (χ0v) is 11.0. The number of hydrogen-bond donors (Lipinski definition) is 1. The monoisotopic (exact) mass is 261 g/mol. The Morgan fingerprint density at radius 3 is 2.59 bits per heavy atom. The Morgan fingerprint density at radius 2 is 2.00 bits per heavy atom. The molecular formula is C13H18ClF2N. The number of halogens is 3. The molecule has 0 heterocycles. The molecule has 1 aromatic carbocycles. The van der Waals surface area contributed by atoms with Crippen LogP contribution < -0.4 is 5.32 Å². The van der Waals surface area contributed by atoms with Crippen LogP contribution in [0.1, 0.15) is 25.8 Å². The third kappa shape index (κ3) is 4.25. The predicted molar refractivity (Wildman–Crippen MR) is 67.6 cm³/mol. The SMILES string of the molecule is CC(C)(CNCCCCl)c1ccc(F)cc1F. The van der Waals surface area contributed by atoms with E-state index in [9.17, 15) is 8.78 Å². The van der Waals surface area contributed by atoms with E-state index in [-0.39, 0.29) is 5.41 Å². The third-order valence-corrected chi connectivity index (χ3v) is 2.98. The number of nitrogens with one attached hydrogen (secondary N) is 1. The molecule has 1 nitrogen and oxygen atoms in total. The van der Waals surface area contributed by atoms with E-state index in [1.165, 1.54) is 12.1 Å². The molecule has 1 aromatic rings. The first-order chi connectivity index (χ1) is 7.97. The highest BCUT2D eigenvalue weighted by Crippen LogP contribution is 2.25. The predicted octanol–water partition coefficient (Wildman–Crippen LogP) is 3.46. The normalized spacial score (nSPS) is 11.8. The van der Waals surface area contributed by atoms with E-state index in [2.05, 4.69) is 5.32 Å². The van der Waals surface area contributed by atoms with Gasteiger partial charge in [0.15, 0.2) is 0 Å². The molecule has 0 aliphatic rings. The van der Waals surface area contributed by atoms with Crippen molar-refractivity contribution in [2.45, 2.75) is 25.7 Å². The minimum atomic E-state index is -0.544. The van der Waals surface area contributed by atoms with Gasteiger partial charge in [0.25, 0.3) is 0 Å². The summed E-state index contributed by atoms with van der Waals surface area (Å²) in [7, 11) is 0. The van der Waals surface area contributed by atoms with Crippen molar-refractivity contribution in [2.75, 3.05) is 19.0 Å². The number of benzene rings is 1. The largest absolute Gasteiger partial charge is 0.316 e. The zero-order chi connectivity index (χ0) is 12.9. The van der Waals surface area contributed by atoms with E-state index in [1.807, 2.05) is 13.8 Å². The van der Waals surface area contributed by atoms with Gasteiger partial charge in [0.2, 0.25) is 0 Å². The molecule has 0 radical (unpaired) electrons. The van der Waals surface area contributed by atoms with Crippen molar-refractivity contribution in [1.82, 2.24) is 5.32 Å². The van der Waals surface area contributed by atoms with Crippen LogP contribution in [-0.2, 0) is 5.41 Å². The van der Waals surface area contributed by atoms with E-state index in [0.717, 1.165) is 19.0 Å². The van der Waals surface area contributed by atoms with Gasteiger partial charge in [-0.2, -0.15) is 0 Å². The molecule has 0 unspecified atom stereocenters. The van der Waals surface area contributed by atoms with Crippen LogP contribution in [-0.4, -0.2) is 19.0 Å². The average Bonchev–Trinajstić information content (AvgIpc) is 2.24. The summed E-state index contributed by atoms with van der Waals surface area (Å²) >= 11 is 5.57. The van der Waals surface area contributed by atoms with Gasteiger partial charge in [0.05, 0.1) is 0 Å². The highest BCUT2D eigenvalue weighted by Gasteiger charge is 2.23. The maximum atomic E-state index is 13.6. The lowest BCUT2D eigenvalue weighted by Crippen LogP contribution is -2.34. The molecule has 96 valence electrons. The molecule has 0 aliphatic heterocycles. The second-order valence-electron chi connectivity index (χ2n) is 4.73. The summed E-state index contributed by atoms with van der Waals surface area (Å²) in [5.41, 5.74) is 0.154. The van der Waals surface area contributed by atoms with Gasteiger partial charge in [-0.1, -0.05) is 19.9 Å². The molecule has 0 saturated carbocycles. The molecule has 0 amide bonds. The van der Waals surface area contributed by atoms with Crippen LogP contribution in [0.3, 0.4) is 0 Å². The van der Waals surface area contributed by atoms with Gasteiger partial charge in [0, 0.05) is 23.9 Å². The zero-order valence-electron chi connectivity index (χ0n) is 10.2. The van der Waals surface area contributed by atoms with Gasteiger partial charge < -0.3 is 5.32 Å². The van der Waals surface area contributed by atoms with E-state index < -0.39 is 11.6 Å². The first-order valence-electron chi connectivity index (χ1n) is 5.69. The Balaban J connectivity index is 2.68. The molecule has 0 fully saturated rings. The number of rotatable bonds is 6. The first kappa shape index (κ1) is 14.4. The van der Waals surface area contributed by atoms with Gasteiger partial charge in [0.1, 0.15) is 11.6 Å². The Morgan fingerprint density at radius 1 is 1.29 bits per heavy atom. The second-order valence-corrected chi connectivity index (χ2v) is 5.11. The fourth-order valence-corrected chi connectivity index (χ4v) is 1.86. The minimum Gasteiger partial charge on any atom is -0.316 e. The van der Waals surface area contributed by atoms with Crippen LogP contribution >= 0.6 is 11.6 Å². The quantitative estimate of drug-likeness (QED) is 0.611. The van der Waals surface area contributed by atoms with Gasteiger partial charge in [-0.15, -0.1) is 11.6 Å². The smallest absolute Gasteiger partial charge is 0.129 e. The van der Waals surface area contributed by atoms with Crippen LogP contribution in [0, 0.1) is 11.6 Å². The lowest BCUT2D eigenvalue weighted by atomic mass is 9.84. The van der Waals surface area contributed by atoms with Crippen molar-refractivity contribution >= 4 is 11.6 Å².